The summed E-state index contributed by atoms with van der Waals surface area (Å²) < 4.78 is 4.77. The van der Waals surface area contributed by atoms with Crippen molar-refractivity contribution in [3.8, 4) is 0 Å². The summed E-state index contributed by atoms with van der Waals surface area (Å²) in [4.78, 5) is 23.1. The SMILES string of the molecule is C=CCN(CC)C(=O)NCCOCC(=O)O. The number of urea groups is 1. The molecular weight excluding hydrogens is 212 g/mol. The zero-order valence-corrected chi connectivity index (χ0v) is 9.44. The third kappa shape index (κ3) is 6.83. The van der Waals surface area contributed by atoms with Gasteiger partial charge in [0.15, 0.2) is 0 Å². The molecule has 0 bridgehead atoms. The van der Waals surface area contributed by atoms with Crippen LogP contribution in [0.1, 0.15) is 6.92 Å². The molecule has 6 nitrogen and oxygen atoms in total. The number of nitrogens with zero attached hydrogens (tertiary/aromatic N) is 1. The Hall–Kier alpha value is -1.56. The largest absolute Gasteiger partial charge is 0.480 e. The summed E-state index contributed by atoms with van der Waals surface area (Å²) in [5, 5.41) is 10.9. The number of amides is 2. The van der Waals surface area contributed by atoms with Crippen molar-refractivity contribution in [3.05, 3.63) is 12.7 Å². The molecular formula is C10H18N2O4. The van der Waals surface area contributed by atoms with E-state index < -0.39 is 5.97 Å². The first-order valence-electron chi connectivity index (χ1n) is 5.05. The summed E-state index contributed by atoms with van der Waals surface area (Å²) in [5.41, 5.74) is 0. The second kappa shape index (κ2) is 8.72. The Labute approximate surface area is 94.9 Å². The van der Waals surface area contributed by atoms with Crippen molar-refractivity contribution in [2.24, 2.45) is 0 Å². The van der Waals surface area contributed by atoms with E-state index in [1.165, 1.54) is 0 Å². The van der Waals surface area contributed by atoms with Crippen LogP contribution in [0.15, 0.2) is 12.7 Å². The van der Waals surface area contributed by atoms with Crippen LogP contribution in [0.2, 0.25) is 0 Å². The highest BCUT2D eigenvalue weighted by Crippen LogP contribution is 1.88. The van der Waals surface area contributed by atoms with E-state index in [9.17, 15) is 9.59 Å². The molecule has 0 aliphatic carbocycles. The molecule has 2 N–H and O–H groups in total. The molecule has 0 fully saturated rings. The van der Waals surface area contributed by atoms with Crippen LogP contribution >= 0.6 is 0 Å². The van der Waals surface area contributed by atoms with E-state index in [-0.39, 0.29) is 19.2 Å². The van der Waals surface area contributed by atoms with Crippen molar-refractivity contribution >= 4 is 12.0 Å². The van der Waals surface area contributed by atoms with Gasteiger partial charge in [-0.05, 0) is 6.92 Å². The molecule has 16 heavy (non-hydrogen) atoms. The smallest absolute Gasteiger partial charge is 0.329 e. The van der Waals surface area contributed by atoms with E-state index in [0.29, 0.717) is 19.6 Å². The first-order valence-corrected chi connectivity index (χ1v) is 5.05. The molecule has 0 saturated carbocycles. The maximum atomic E-state index is 11.5. The van der Waals surface area contributed by atoms with Gasteiger partial charge in [0.1, 0.15) is 6.61 Å². The van der Waals surface area contributed by atoms with Gasteiger partial charge in [0.05, 0.1) is 6.61 Å². The van der Waals surface area contributed by atoms with E-state index in [1.54, 1.807) is 11.0 Å². The fraction of sp³-hybridized carbons (Fsp3) is 0.600. The number of hydrogen-bond donors (Lipinski definition) is 2. The van der Waals surface area contributed by atoms with Crippen LogP contribution in [-0.4, -0.2) is 54.9 Å². The van der Waals surface area contributed by atoms with Gasteiger partial charge in [0, 0.05) is 19.6 Å². The number of carboxylic acids is 1. The van der Waals surface area contributed by atoms with Crippen LogP contribution in [0.5, 0.6) is 0 Å². The van der Waals surface area contributed by atoms with Crippen LogP contribution < -0.4 is 5.32 Å². The minimum atomic E-state index is -1.02. The number of hydrogen-bond acceptors (Lipinski definition) is 3. The van der Waals surface area contributed by atoms with Crippen LogP contribution in [0.3, 0.4) is 0 Å². The fourth-order valence-corrected chi connectivity index (χ4v) is 1.01. The average molecular weight is 230 g/mol. The number of nitrogens with one attached hydrogen (secondary N) is 1. The lowest BCUT2D eigenvalue weighted by atomic mass is 10.5. The highest BCUT2D eigenvalue weighted by Gasteiger charge is 2.08. The van der Waals surface area contributed by atoms with Crippen molar-refractivity contribution < 1.29 is 19.4 Å². The lowest BCUT2D eigenvalue weighted by molar-refractivity contribution is -0.142. The number of carbonyl (C=O) groups excluding carboxylic acids is 1. The normalized spacial score (nSPS) is 9.56. The third-order valence-electron chi connectivity index (χ3n) is 1.77. The maximum Gasteiger partial charge on any atom is 0.329 e. The zero-order chi connectivity index (χ0) is 12.4. The molecule has 0 aromatic carbocycles. The van der Waals surface area contributed by atoms with Gasteiger partial charge in [0.2, 0.25) is 0 Å². The molecule has 0 atom stereocenters. The van der Waals surface area contributed by atoms with Crippen LogP contribution in [0.25, 0.3) is 0 Å². The first kappa shape index (κ1) is 14.4. The molecule has 0 aliphatic heterocycles. The van der Waals surface area contributed by atoms with Crippen LogP contribution in [0.4, 0.5) is 4.79 Å². The van der Waals surface area contributed by atoms with Gasteiger partial charge in [-0.1, -0.05) is 6.08 Å². The number of rotatable bonds is 8. The van der Waals surface area contributed by atoms with Gasteiger partial charge >= 0.3 is 12.0 Å². The van der Waals surface area contributed by atoms with E-state index in [0.717, 1.165) is 0 Å². The molecule has 0 aliphatic rings. The summed E-state index contributed by atoms with van der Waals surface area (Å²) in [6.45, 7) is 6.62. The maximum absolute atomic E-state index is 11.5. The van der Waals surface area contributed by atoms with Gasteiger partial charge < -0.3 is 20.1 Å². The van der Waals surface area contributed by atoms with Crippen molar-refractivity contribution in [2.75, 3.05) is 32.8 Å². The first-order chi connectivity index (χ1) is 7.61. The minimum Gasteiger partial charge on any atom is -0.480 e. The van der Waals surface area contributed by atoms with E-state index in [4.69, 9.17) is 9.84 Å². The Morgan fingerprint density at radius 3 is 2.75 bits per heavy atom. The summed E-state index contributed by atoms with van der Waals surface area (Å²) in [6.07, 6.45) is 1.64. The Morgan fingerprint density at radius 2 is 2.25 bits per heavy atom. The second-order valence-corrected chi connectivity index (χ2v) is 3.01. The van der Waals surface area contributed by atoms with Crippen molar-refractivity contribution in [1.29, 1.82) is 0 Å². The second-order valence-electron chi connectivity index (χ2n) is 3.01. The van der Waals surface area contributed by atoms with E-state index in [2.05, 4.69) is 11.9 Å². The van der Waals surface area contributed by atoms with Crippen LogP contribution in [0, 0.1) is 0 Å². The lowest BCUT2D eigenvalue weighted by Gasteiger charge is -2.19. The predicted molar refractivity (Wildman–Crippen MR) is 59.3 cm³/mol. The van der Waals surface area contributed by atoms with Crippen molar-refractivity contribution in [1.82, 2.24) is 10.2 Å². The number of likely N-dealkylation sites (N-methyl/N-ethyl adjacent to an activating group) is 1. The molecule has 2 amide bonds. The lowest BCUT2D eigenvalue weighted by Crippen LogP contribution is -2.41. The Kier molecular flexibility index (Phi) is 7.87. The third-order valence-corrected chi connectivity index (χ3v) is 1.77. The molecule has 0 unspecified atom stereocenters. The molecule has 0 aromatic rings. The monoisotopic (exact) mass is 230 g/mol. The van der Waals surface area contributed by atoms with Gasteiger partial charge in [-0.25, -0.2) is 9.59 Å². The predicted octanol–water partition coefficient (Wildman–Crippen LogP) is 0.305. The Bertz CT molecular complexity index is 243. The summed E-state index contributed by atoms with van der Waals surface area (Å²) in [6, 6.07) is -0.207. The van der Waals surface area contributed by atoms with Gasteiger partial charge in [0.25, 0.3) is 0 Å². The molecule has 0 spiro atoms. The van der Waals surface area contributed by atoms with E-state index in [1.807, 2.05) is 6.92 Å². The number of carbonyl (C=O) groups is 2. The summed E-state index contributed by atoms with van der Waals surface area (Å²) >= 11 is 0. The highest BCUT2D eigenvalue weighted by atomic mass is 16.5. The molecule has 6 heteroatoms. The topological polar surface area (TPSA) is 78.9 Å². The Morgan fingerprint density at radius 1 is 1.56 bits per heavy atom. The molecule has 0 aromatic heterocycles. The molecule has 92 valence electrons. The molecule has 0 saturated heterocycles. The molecule has 0 heterocycles. The van der Waals surface area contributed by atoms with Gasteiger partial charge in [-0.2, -0.15) is 0 Å². The number of carboxylic acid groups (broad SMARTS) is 1. The van der Waals surface area contributed by atoms with Crippen molar-refractivity contribution in [2.45, 2.75) is 6.92 Å². The van der Waals surface area contributed by atoms with E-state index >= 15 is 0 Å². The quantitative estimate of drug-likeness (QED) is 0.464. The standard InChI is InChI=1S/C10H18N2O4/c1-3-6-12(4-2)10(15)11-5-7-16-8-9(13)14/h3H,1,4-8H2,2H3,(H,11,15)(H,13,14). The number of ether oxygens (including phenoxy) is 1. The van der Waals surface area contributed by atoms with Crippen molar-refractivity contribution in [3.63, 3.8) is 0 Å². The highest BCUT2D eigenvalue weighted by molar-refractivity contribution is 5.74. The summed E-state index contributed by atoms with van der Waals surface area (Å²) in [7, 11) is 0. The average Bonchev–Trinajstić information content (AvgIpc) is 2.24. The number of aliphatic carboxylic acids is 1. The Balaban J connectivity index is 3.62. The summed E-state index contributed by atoms with van der Waals surface area (Å²) in [5.74, 6) is -1.02. The van der Waals surface area contributed by atoms with Gasteiger partial charge in [-0.15, -0.1) is 6.58 Å². The van der Waals surface area contributed by atoms with Gasteiger partial charge in [-0.3, -0.25) is 0 Å². The van der Waals surface area contributed by atoms with Crippen LogP contribution in [-0.2, 0) is 9.53 Å². The minimum absolute atomic E-state index is 0.184. The molecule has 0 rings (SSSR count). The fourth-order valence-electron chi connectivity index (χ4n) is 1.01. The molecule has 0 radical (unpaired) electrons. The zero-order valence-electron chi connectivity index (χ0n) is 9.44.